The molecule has 13 heteroatoms. The number of esters is 3. The minimum atomic E-state index is -0.612. The summed E-state index contributed by atoms with van der Waals surface area (Å²) in [5.74, 6) is -2.61. The third kappa shape index (κ3) is 6.95. The second kappa shape index (κ2) is 16.1. The number of nitrogens with zero attached hydrogens (tertiary/aromatic N) is 2. The lowest BCUT2D eigenvalue weighted by Crippen LogP contribution is -2.28. The van der Waals surface area contributed by atoms with Gasteiger partial charge < -0.3 is 28.9 Å². The van der Waals surface area contributed by atoms with Crippen molar-refractivity contribution in [1.29, 1.82) is 0 Å². The number of aromatic nitrogens is 4. The van der Waals surface area contributed by atoms with E-state index in [9.17, 15) is 24.0 Å². The standard InChI is InChI=1S/C48H48N4O9/c1-9-26-22(2)32-21-37-41(38-16-14-30-45(55)28-12-10-11-13-29(28)46(56)47(30)61-38)24(4)34(50-37)19-33-23(3)27(15-17-39(53)58-6)43(51-33)31(18-40(54)59-7)44-42(48(57)60-8)25(5)35(52-44)20-36(26)49-32/h10-13,19-21,23,27,38,49-50H,9,14-18H2,1-8H3/t23-,27-,38?/m0/s1. The van der Waals surface area contributed by atoms with Crippen molar-refractivity contribution in [3.8, 4) is 0 Å². The van der Waals surface area contributed by atoms with E-state index in [1.54, 1.807) is 31.2 Å². The molecule has 61 heavy (non-hydrogen) atoms. The van der Waals surface area contributed by atoms with Crippen molar-refractivity contribution >= 4 is 62.7 Å². The molecule has 1 unspecified atom stereocenters. The highest BCUT2D eigenvalue weighted by Crippen LogP contribution is 2.46. The fourth-order valence-corrected chi connectivity index (χ4v) is 9.37. The number of allylic oxidation sites excluding steroid dienone is 3. The average molecular weight is 825 g/mol. The number of hydrogen-bond acceptors (Lipinski definition) is 11. The lowest BCUT2D eigenvalue weighted by molar-refractivity contribution is -0.141. The highest BCUT2D eigenvalue weighted by molar-refractivity contribution is 6.26. The van der Waals surface area contributed by atoms with Crippen molar-refractivity contribution in [3.63, 3.8) is 0 Å². The summed E-state index contributed by atoms with van der Waals surface area (Å²) in [4.78, 5) is 84.6. The second-order valence-electron chi connectivity index (χ2n) is 16.0. The maximum absolute atomic E-state index is 13.9. The Hall–Kier alpha value is -6.63. The Labute approximate surface area is 352 Å². The zero-order valence-electron chi connectivity index (χ0n) is 35.6. The van der Waals surface area contributed by atoms with Crippen molar-refractivity contribution in [2.45, 2.75) is 91.1 Å². The third-order valence-corrected chi connectivity index (χ3v) is 12.8. The zero-order valence-corrected chi connectivity index (χ0v) is 35.6. The summed E-state index contributed by atoms with van der Waals surface area (Å²) < 4.78 is 22.1. The highest BCUT2D eigenvalue weighted by Gasteiger charge is 2.40. The molecule has 0 spiro atoms. The van der Waals surface area contributed by atoms with Crippen molar-refractivity contribution in [2.75, 3.05) is 21.3 Å². The van der Waals surface area contributed by atoms with E-state index in [-0.39, 0.29) is 53.3 Å². The first-order valence-electron chi connectivity index (χ1n) is 20.6. The van der Waals surface area contributed by atoms with Gasteiger partial charge in [0.05, 0.1) is 50.4 Å². The number of rotatable bonds is 8. The molecule has 8 bridgehead atoms. The summed E-state index contributed by atoms with van der Waals surface area (Å²) in [5, 5.41) is 0. The molecule has 314 valence electrons. The Balaban J connectivity index is 1.44. The number of fused-ring (bicyclic) bond motifs is 9. The number of ether oxygens (including phenoxy) is 4. The van der Waals surface area contributed by atoms with Crippen molar-refractivity contribution < 1.29 is 42.9 Å². The summed E-state index contributed by atoms with van der Waals surface area (Å²) in [6.45, 7) is 9.93. The number of ketones is 2. The molecule has 4 aliphatic rings. The van der Waals surface area contributed by atoms with Crippen LogP contribution in [0, 0.1) is 13.8 Å². The normalized spacial score (nSPS) is 18.4. The first kappa shape index (κ1) is 41.1. The number of Topliss-reactive ketones (excluding diaryl/α,β-unsaturated/α-hetero) is 2. The Bertz CT molecular complexity index is 2820. The molecule has 0 fully saturated rings. The second-order valence-corrected chi connectivity index (χ2v) is 16.0. The van der Waals surface area contributed by atoms with E-state index < -0.39 is 24.0 Å². The van der Waals surface area contributed by atoms with E-state index in [0.29, 0.717) is 70.6 Å². The Morgan fingerprint density at radius 3 is 2.20 bits per heavy atom. The van der Waals surface area contributed by atoms with Gasteiger partial charge in [0, 0.05) is 73.8 Å². The van der Waals surface area contributed by atoms with Crippen molar-refractivity contribution in [3.05, 3.63) is 116 Å². The summed E-state index contributed by atoms with van der Waals surface area (Å²) in [6, 6.07) is 12.8. The summed E-state index contributed by atoms with van der Waals surface area (Å²) >= 11 is 0. The Morgan fingerprint density at radius 2 is 1.51 bits per heavy atom. The Kier molecular flexibility index (Phi) is 10.8. The van der Waals surface area contributed by atoms with Crippen LogP contribution in [-0.4, -0.2) is 70.7 Å². The van der Waals surface area contributed by atoms with E-state index >= 15 is 0 Å². The first-order valence-corrected chi connectivity index (χ1v) is 20.6. The van der Waals surface area contributed by atoms with Gasteiger partial charge in [0.25, 0.3) is 0 Å². The fraction of sp³-hybridized carbons (Fsp3) is 0.354. The van der Waals surface area contributed by atoms with Gasteiger partial charge in [0.1, 0.15) is 6.10 Å². The van der Waals surface area contributed by atoms with E-state index in [0.717, 1.165) is 44.3 Å². The predicted octanol–water partition coefficient (Wildman–Crippen LogP) is 8.34. The van der Waals surface area contributed by atoms with Gasteiger partial charge in [0.2, 0.25) is 5.78 Å². The molecule has 13 nitrogen and oxygen atoms in total. The minimum absolute atomic E-state index is 0.0844. The van der Waals surface area contributed by atoms with Crippen LogP contribution in [0.1, 0.15) is 136 Å². The number of aryl methyl sites for hydroxylation is 3. The SMILES string of the molecule is CCc1c(C)c2cc3[nH]c(cc4nc(c(CC(=O)OC)c5nc(cc1[nH]2)C(C)=C5C(=O)OC)[C@@H](CCC(=O)OC)[C@@H]4C)c(C)c3C1CCC2=C(O1)C(=O)c1ccccc1C2=O. The maximum atomic E-state index is 13.9. The lowest BCUT2D eigenvalue weighted by atomic mass is 9.83. The molecule has 1 aliphatic carbocycles. The van der Waals surface area contributed by atoms with Gasteiger partial charge >= 0.3 is 17.9 Å². The number of carbonyl (C=O) groups excluding carboxylic acids is 5. The van der Waals surface area contributed by atoms with Crippen LogP contribution in [0.4, 0.5) is 0 Å². The van der Waals surface area contributed by atoms with Crippen LogP contribution >= 0.6 is 0 Å². The van der Waals surface area contributed by atoms with Crippen LogP contribution in [0.3, 0.4) is 0 Å². The molecule has 8 rings (SSSR count). The topological polar surface area (TPSA) is 180 Å². The van der Waals surface area contributed by atoms with E-state index in [4.69, 9.17) is 28.9 Å². The highest BCUT2D eigenvalue weighted by atomic mass is 16.5. The largest absolute Gasteiger partial charge is 0.481 e. The molecule has 3 aromatic heterocycles. The van der Waals surface area contributed by atoms with E-state index in [1.165, 1.54) is 21.3 Å². The van der Waals surface area contributed by atoms with Crippen LogP contribution < -0.4 is 0 Å². The zero-order chi connectivity index (χ0) is 43.4. The molecule has 6 heterocycles. The molecule has 4 aromatic rings. The lowest BCUT2D eigenvalue weighted by Gasteiger charge is -2.30. The quantitative estimate of drug-likeness (QED) is 0.129. The van der Waals surface area contributed by atoms with Gasteiger partial charge in [-0.3, -0.25) is 24.2 Å². The molecule has 1 aromatic carbocycles. The van der Waals surface area contributed by atoms with Gasteiger partial charge in [-0.05, 0) is 86.9 Å². The van der Waals surface area contributed by atoms with Crippen molar-refractivity contribution in [1.82, 2.24) is 19.9 Å². The van der Waals surface area contributed by atoms with Gasteiger partial charge in [-0.2, -0.15) is 0 Å². The third-order valence-electron chi connectivity index (χ3n) is 12.8. The number of benzene rings is 1. The maximum Gasteiger partial charge on any atom is 0.340 e. The fourth-order valence-electron chi connectivity index (χ4n) is 9.37. The number of H-pyrrole nitrogens is 2. The number of carbonyl (C=O) groups is 5. The smallest absolute Gasteiger partial charge is 0.340 e. The molecule has 0 amide bonds. The molecule has 3 atom stereocenters. The van der Waals surface area contributed by atoms with Gasteiger partial charge in [-0.25, -0.2) is 9.78 Å². The molecular weight excluding hydrogens is 777 g/mol. The van der Waals surface area contributed by atoms with Crippen LogP contribution in [0.25, 0.3) is 33.2 Å². The van der Waals surface area contributed by atoms with Crippen LogP contribution in [0.5, 0.6) is 0 Å². The van der Waals surface area contributed by atoms with Gasteiger partial charge in [-0.15, -0.1) is 0 Å². The number of methoxy groups -OCH3 is 3. The molecule has 0 saturated heterocycles. The Morgan fingerprint density at radius 1 is 0.820 bits per heavy atom. The van der Waals surface area contributed by atoms with Crippen LogP contribution in [0.15, 0.2) is 53.8 Å². The summed E-state index contributed by atoms with van der Waals surface area (Å²) in [7, 11) is 3.94. The minimum Gasteiger partial charge on any atom is -0.481 e. The molecular formula is C48H48N4O9. The molecule has 0 radical (unpaired) electrons. The van der Waals surface area contributed by atoms with Gasteiger partial charge in [-0.1, -0.05) is 38.1 Å². The monoisotopic (exact) mass is 824 g/mol. The molecule has 2 N–H and O–H groups in total. The number of nitrogens with one attached hydrogen (secondary N) is 2. The number of hydrogen-bond donors (Lipinski definition) is 2. The number of aromatic amines is 2. The van der Waals surface area contributed by atoms with Crippen LogP contribution in [0.2, 0.25) is 0 Å². The first-order chi connectivity index (χ1) is 29.3. The summed E-state index contributed by atoms with van der Waals surface area (Å²) in [6.07, 6.45) is 1.12. The molecule has 3 aliphatic heterocycles. The summed E-state index contributed by atoms with van der Waals surface area (Å²) in [5.41, 5.74) is 11.1. The average Bonchev–Trinajstić information content (AvgIpc) is 3.96. The molecule has 0 saturated carbocycles. The van der Waals surface area contributed by atoms with Crippen LogP contribution in [-0.2, 0) is 46.2 Å². The van der Waals surface area contributed by atoms with E-state index in [1.807, 2.05) is 39.0 Å². The predicted molar refractivity (Wildman–Crippen MR) is 228 cm³/mol. The van der Waals surface area contributed by atoms with E-state index in [2.05, 4.69) is 16.9 Å². The van der Waals surface area contributed by atoms with Gasteiger partial charge in [0.15, 0.2) is 11.5 Å². The van der Waals surface area contributed by atoms with Crippen molar-refractivity contribution in [2.24, 2.45) is 0 Å².